The molecule has 0 radical (unpaired) electrons. The van der Waals surface area contributed by atoms with Gasteiger partial charge in [-0.15, -0.1) is 0 Å². The first-order chi connectivity index (χ1) is 18.4. The fourth-order valence-corrected chi connectivity index (χ4v) is 6.21. The second-order valence-corrected chi connectivity index (χ2v) is 17.2. The number of aromatic nitrogens is 5. The van der Waals surface area contributed by atoms with Crippen LogP contribution in [0.15, 0.2) is 55.1 Å². The zero-order chi connectivity index (χ0) is 26.3. The number of urea groups is 1. The van der Waals surface area contributed by atoms with Crippen LogP contribution >= 0.6 is 0 Å². The molecule has 2 atom stereocenters. The summed E-state index contributed by atoms with van der Waals surface area (Å²) in [5, 5.41) is 7.66. The minimum absolute atomic E-state index is 0.0517. The molecule has 10 heteroatoms. The van der Waals surface area contributed by atoms with Crippen LogP contribution in [0, 0.1) is 0 Å². The lowest BCUT2D eigenvalue weighted by Crippen LogP contribution is -2.39. The van der Waals surface area contributed by atoms with E-state index < -0.39 is 8.07 Å². The summed E-state index contributed by atoms with van der Waals surface area (Å²) in [6.07, 6.45) is 11.8. The van der Waals surface area contributed by atoms with Gasteiger partial charge in [0.05, 0.1) is 18.3 Å². The Labute approximate surface area is 223 Å². The van der Waals surface area contributed by atoms with Crippen LogP contribution in [-0.2, 0) is 11.5 Å². The average molecular weight is 530 g/mol. The van der Waals surface area contributed by atoms with Gasteiger partial charge in [-0.3, -0.25) is 4.90 Å². The van der Waals surface area contributed by atoms with Gasteiger partial charge in [0.15, 0.2) is 5.65 Å². The summed E-state index contributed by atoms with van der Waals surface area (Å²) in [5.41, 5.74) is 3.70. The van der Waals surface area contributed by atoms with Gasteiger partial charge >= 0.3 is 6.03 Å². The number of ether oxygens (including phenoxy) is 1. The van der Waals surface area contributed by atoms with Crippen LogP contribution in [0.1, 0.15) is 25.7 Å². The molecule has 2 fully saturated rings. The summed E-state index contributed by atoms with van der Waals surface area (Å²) < 4.78 is 9.76. The van der Waals surface area contributed by atoms with Gasteiger partial charge in [-0.1, -0.05) is 56.7 Å². The van der Waals surface area contributed by atoms with Crippen LogP contribution in [0.3, 0.4) is 0 Å². The maximum absolute atomic E-state index is 12.8. The molecule has 198 valence electrons. The van der Waals surface area contributed by atoms with E-state index in [1.165, 1.54) is 0 Å². The molecule has 1 N–H and O–H groups in total. The van der Waals surface area contributed by atoms with E-state index in [2.05, 4.69) is 59.3 Å². The number of rotatable bonds is 8. The zero-order valence-corrected chi connectivity index (χ0v) is 23.3. The molecule has 4 heterocycles. The minimum atomic E-state index is -1.12. The van der Waals surface area contributed by atoms with Crippen LogP contribution in [-0.4, -0.2) is 56.9 Å². The van der Waals surface area contributed by atoms with Crippen molar-refractivity contribution in [2.24, 2.45) is 0 Å². The zero-order valence-electron chi connectivity index (χ0n) is 22.3. The summed E-state index contributed by atoms with van der Waals surface area (Å²) in [6.45, 7) is 8.34. The van der Waals surface area contributed by atoms with Gasteiger partial charge in [0.2, 0.25) is 0 Å². The van der Waals surface area contributed by atoms with Crippen molar-refractivity contribution in [2.45, 2.75) is 70.2 Å². The van der Waals surface area contributed by atoms with Crippen LogP contribution in [0.2, 0.25) is 25.7 Å². The number of nitrogens with zero attached hydrogens (tertiary/aromatic N) is 6. The van der Waals surface area contributed by atoms with Gasteiger partial charge in [0.1, 0.15) is 18.4 Å². The topological polar surface area (TPSA) is 89.6 Å². The summed E-state index contributed by atoms with van der Waals surface area (Å²) in [7, 11) is -1.12. The molecule has 1 aliphatic carbocycles. The number of imidazole rings is 1. The highest BCUT2D eigenvalue weighted by molar-refractivity contribution is 6.76. The lowest BCUT2D eigenvalue weighted by Gasteiger charge is -2.29. The Morgan fingerprint density at radius 3 is 2.66 bits per heavy atom. The van der Waals surface area contributed by atoms with Crippen molar-refractivity contribution < 1.29 is 9.53 Å². The van der Waals surface area contributed by atoms with Crippen molar-refractivity contribution in [1.29, 1.82) is 0 Å². The smallest absolute Gasteiger partial charge is 0.323 e. The first kappa shape index (κ1) is 24.8. The van der Waals surface area contributed by atoms with Gasteiger partial charge < -0.3 is 14.6 Å². The fourth-order valence-electron chi connectivity index (χ4n) is 5.45. The molecule has 0 bridgehead atoms. The molecular formula is C28H35N7O2Si. The Bertz CT molecular complexity index is 1440. The van der Waals surface area contributed by atoms with Crippen molar-refractivity contribution in [1.82, 2.24) is 29.5 Å². The minimum Gasteiger partial charge on any atom is -0.361 e. The van der Waals surface area contributed by atoms with Gasteiger partial charge in [-0.05, 0) is 30.5 Å². The first-order valence-electron chi connectivity index (χ1n) is 13.5. The van der Waals surface area contributed by atoms with E-state index in [1.807, 2.05) is 40.3 Å². The highest BCUT2D eigenvalue weighted by atomic mass is 28.3. The SMILES string of the molecule is C[Si](C)(C)CCOCn1ccnc1-c1ccc(-c2cnn3ccc(N4C(=O)N[C@H]5CCCC[C@H]54)nc23)cc1. The van der Waals surface area contributed by atoms with E-state index >= 15 is 0 Å². The predicted octanol–water partition coefficient (Wildman–Crippen LogP) is 5.41. The second kappa shape index (κ2) is 9.99. The monoisotopic (exact) mass is 529 g/mol. The van der Waals surface area contributed by atoms with Crippen LogP contribution in [0.4, 0.5) is 10.6 Å². The number of anilines is 1. The number of nitrogens with one attached hydrogen (secondary N) is 1. The Morgan fingerprint density at radius 2 is 1.84 bits per heavy atom. The van der Waals surface area contributed by atoms with Crippen LogP contribution in [0.25, 0.3) is 28.2 Å². The van der Waals surface area contributed by atoms with E-state index in [1.54, 1.807) is 4.52 Å². The molecule has 1 aliphatic heterocycles. The van der Waals surface area contributed by atoms with Crippen molar-refractivity contribution in [3.8, 4) is 22.5 Å². The molecular weight excluding hydrogens is 494 g/mol. The molecule has 0 spiro atoms. The first-order valence-corrected chi connectivity index (χ1v) is 17.2. The number of carbonyl (C=O) groups excluding carboxylic acids is 1. The van der Waals surface area contributed by atoms with Crippen molar-refractivity contribution in [2.75, 3.05) is 11.5 Å². The number of carbonyl (C=O) groups is 1. The normalized spacial score (nSPS) is 19.7. The molecule has 1 saturated heterocycles. The van der Waals surface area contributed by atoms with Gasteiger partial charge in [0.25, 0.3) is 0 Å². The second-order valence-electron chi connectivity index (χ2n) is 11.5. The van der Waals surface area contributed by atoms with Crippen LogP contribution in [0.5, 0.6) is 0 Å². The summed E-state index contributed by atoms with van der Waals surface area (Å²) in [4.78, 5) is 24.1. The molecule has 0 unspecified atom stereocenters. The summed E-state index contributed by atoms with van der Waals surface area (Å²) in [6, 6.07) is 11.7. The Hall–Kier alpha value is -3.50. The van der Waals surface area contributed by atoms with Crippen molar-refractivity contribution in [3.63, 3.8) is 0 Å². The number of hydrogen-bond acceptors (Lipinski definition) is 5. The number of benzene rings is 1. The van der Waals surface area contributed by atoms with Gasteiger partial charge in [-0.2, -0.15) is 5.10 Å². The molecule has 2 amide bonds. The molecule has 6 rings (SSSR count). The van der Waals surface area contributed by atoms with Crippen molar-refractivity contribution in [3.05, 3.63) is 55.1 Å². The number of hydrogen-bond donors (Lipinski definition) is 1. The molecule has 1 aromatic carbocycles. The molecule has 38 heavy (non-hydrogen) atoms. The molecule has 9 nitrogen and oxygen atoms in total. The molecule has 3 aromatic heterocycles. The standard InChI is InChI=1S/C28H35N7O2Si/c1-38(2,3)17-16-37-19-33-15-13-29-26(33)21-10-8-20(9-11-21)22-18-30-34-14-12-25(32-27(22)34)35-24-7-5-4-6-23(24)31-28(35)36/h8-15,18,23-24H,4-7,16-17,19H2,1-3H3,(H,31,36)/t23-,24+/m0/s1. The predicted molar refractivity (Wildman–Crippen MR) is 151 cm³/mol. The van der Waals surface area contributed by atoms with Crippen LogP contribution < -0.4 is 10.2 Å². The third-order valence-corrected chi connectivity index (χ3v) is 9.29. The third kappa shape index (κ3) is 4.85. The maximum Gasteiger partial charge on any atom is 0.323 e. The lowest BCUT2D eigenvalue weighted by atomic mass is 9.91. The number of amides is 2. The largest absolute Gasteiger partial charge is 0.361 e. The molecule has 2 aliphatic rings. The van der Waals surface area contributed by atoms with Gasteiger partial charge in [-0.25, -0.2) is 19.3 Å². The van der Waals surface area contributed by atoms with E-state index in [9.17, 15) is 4.79 Å². The molecule has 1 saturated carbocycles. The van der Waals surface area contributed by atoms with E-state index in [4.69, 9.17) is 9.72 Å². The number of fused-ring (bicyclic) bond motifs is 2. The van der Waals surface area contributed by atoms with Gasteiger partial charge in [0, 0.05) is 44.4 Å². The highest BCUT2D eigenvalue weighted by Gasteiger charge is 2.42. The maximum atomic E-state index is 12.8. The Balaban J connectivity index is 1.22. The van der Waals surface area contributed by atoms with E-state index in [0.29, 0.717) is 12.5 Å². The quantitative estimate of drug-likeness (QED) is 0.243. The Morgan fingerprint density at radius 1 is 1.05 bits per heavy atom. The highest BCUT2D eigenvalue weighted by Crippen LogP contribution is 2.33. The van der Waals surface area contributed by atoms with E-state index in [0.717, 1.165) is 66.5 Å². The third-order valence-electron chi connectivity index (χ3n) is 7.59. The van der Waals surface area contributed by atoms with E-state index in [-0.39, 0.29) is 18.1 Å². The summed E-state index contributed by atoms with van der Waals surface area (Å²) in [5.74, 6) is 1.56. The molecule has 4 aromatic rings. The van der Waals surface area contributed by atoms with Crippen molar-refractivity contribution >= 4 is 25.6 Å². The fraction of sp³-hybridized carbons (Fsp3) is 0.429. The summed E-state index contributed by atoms with van der Waals surface area (Å²) >= 11 is 0. The lowest BCUT2D eigenvalue weighted by molar-refractivity contribution is 0.0883. The average Bonchev–Trinajstić information content (AvgIpc) is 3.62. The Kier molecular flexibility index (Phi) is 6.52.